The van der Waals surface area contributed by atoms with E-state index in [0.717, 1.165) is 11.4 Å². The van der Waals surface area contributed by atoms with Gasteiger partial charge in [-0.15, -0.1) is 0 Å². The smallest absolute Gasteiger partial charge is 0.244 e. The molecule has 1 atom stereocenters. The van der Waals surface area contributed by atoms with Gasteiger partial charge in [0.1, 0.15) is 18.5 Å². The molecule has 2 aromatic rings. The number of nitrogens with zero attached hydrogens (tertiary/aromatic N) is 4. The van der Waals surface area contributed by atoms with Gasteiger partial charge in [-0.25, -0.2) is 0 Å². The molecule has 2 heterocycles. The highest BCUT2D eigenvalue weighted by Crippen LogP contribution is 2.20. The highest BCUT2D eigenvalue weighted by molar-refractivity contribution is 6.31. The molecule has 0 aliphatic carbocycles. The van der Waals surface area contributed by atoms with E-state index in [1.165, 1.54) is 6.26 Å². The molecule has 20 heavy (non-hydrogen) atoms. The second kappa shape index (κ2) is 5.66. The molecule has 0 radical (unpaired) electrons. The Bertz CT molecular complexity index is 606. The molecule has 0 saturated carbocycles. The zero-order valence-corrected chi connectivity index (χ0v) is 12.7. The molecule has 2 rings (SSSR count). The van der Waals surface area contributed by atoms with Crippen molar-refractivity contribution in [2.24, 2.45) is 0 Å². The molecule has 7 heteroatoms. The first-order valence-electron chi connectivity index (χ1n) is 6.27. The van der Waals surface area contributed by atoms with E-state index in [9.17, 15) is 4.79 Å². The van der Waals surface area contributed by atoms with Crippen LogP contribution in [0.3, 0.4) is 0 Å². The number of amides is 1. The number of hydrogen-bond donors (Lipinski definition) is 0. The second-order valence-corrected chi connectivity index (χ2v) is 5.13. The van der Waals surface area contributed by atoms with E-state index in [0.29, 0.717) is 10.7 Å². The summed E-state index contributed by atoms with van der Waals surface area (Å²) in [5.41, 5.74) is 2.23. The summed E-state index contributed by atoms with van der Waals surface area (Å²) in [6, 6.07) is 1.59. The average Bonchev–Trinajstić information content (AvgIpc) is 3.03. The summed E-state index contributed by atoms with van der Waals surface area (Å²) >= 11 is 6.07. The summed E-state index contributed by atoms with van der Waals surface area (Å²) in [6.07, 6.45) is 1.49. The third-order valence-electron chi connectivity index (χ3n) is 3.44. The lowest BCUT2D eigenvalue weighted by atomic mass is 10.2. The number of aryl methyl sites for hydroxylation is 1. The third-order valence-corrected chi connectivity index (χ3v) is 3.99. The quantitative estimate of drug-likeness (QED) is 0.869. The molecular formula is C13H17ClN4O2. The fraction of sp³-hybridized carbons (Fsp3) is 0.462. The molecule has 0 aliphatic heterocycles. The maximum Gasteiger partial charge on any atom is 0.244 e. The topological polar surface area (TPSA) is 64.2 Å². The van der Waals surface area contributed by atoms with Crippen molar-refractivity contribution in [3.8, 4) is 0 Å². The lowest BCUT2D eigenvalue weighted by molar-refractivity contribution is -0.132. The largest absolute Gasteiger partial charge is 0.364 e. The van der Waals surface area contributed by atoms with Gasteiger partial charge in [0.2, 0.25) is 5.91 Å². The Hall–Kier alpha value is -1.82. The van der Waals surface area contributed by atoms with Gasteiger partial charge in [-0.05, 0) is 20.8 Å². The SMILES string of the molecule is Cc1nn(CC(=O)N(C)[C@@H](C)c2ccon2)c(C)c1Cl. The molecule has 0 N–H and O–H groups in total. The molecule has 0 spiro atoms. The van der Waals surface area contributed by atoms with Crippen molar-refractivity contribution >= 4 is 17.5 Å². The first-order valence-corrected chi connectivity index (χ1v) is 6.65. The van der Waals surface area contributed by atoms with E-state index in [2.05, 4.69) is 10.3 Å². The van der Waals surface area contributed by atoms with Crippen LogP contribution in [0, 0.1) is 13.8 Å². The zero-order chi connectivity index (χ0) is 14.9. The fourth-order valence-electron chi connectivity index (χ4n) is 1.92. The predicted octanol–water partition coefficient (Wildman–Crippen LogP) is 2.36. The van der Waals surface area contributed by atoms with Gasteiger partial charge in [-0.3, -0.25) is 9.48 Å². The van der Waals surface area contributed by atoms with Crippen LogP contribution < -0.4 is 0 Å². The van der Waals surface area contributed by atoms with Gasteiger partial charge in [0.05, 0.1) is 22.5 Å². The number of likely N-dealkylation sites (N-methyl/N-ethyl adjacent to an activating group) is 1. The number of carbonyl (C=O) groups excluding carboxylic acids is 1. The summed E-state index contributed by atoms with van der Waals surface area (Å²) in [6.45, 7) is 5.71. The van der Waals surface area contributed by atoms with Gasteiger partial charge in [-0.1, -0.05) is 16.8 Å². The van der Waals surface area contributed by atoms with E-state index in [1.807, 2.05) is 20.8 Å². The lowest BCUT2D eigenvalue weighted by Gasteiger charge is -2.23. The van der Waals surface area contributed by atoms with Crippen molar-refractivity contribution in [1.82, 2.24) is 19.8 Å². The number of halogens is 1. The van der Waals surface area contributed by atoms with Crippen LogP contribution in [0.2, 0.25) is 5.02 Å². The molecule has 6 nitrogen and oxygen atoms in total. The molecule has 0 aromatic carbocycles. The van der Waals surface area contributed by atoms with Crippen molar-refractivity contribution in [3.63, 3.8) is 0 Å². The minimum Gasteiger partial charge on any atom is -0.364 e. The Balaban J connectivity index is 2.10. The Labute approximate surface area is 122 Å². The van der Waals surface area contributed by atoms with Gasteiger partial charge >= 0.3 is 0 Å². The predicted molar refractivity (Wildman–Crippen MR) is 74.4 cm³/mol. The van der Waals surface area contributed by atoms with E-state index in [-0.39, 0.29) is 18.5 Å². The van der Waals surface area contributed by atoms with Crippen LogP contribution in [-0.2, 0) is 11.3 Å². The van der Waals surface area contributed by atoms with Gasteiger partial charge < -0.3 is 9.42 Å². The molecule has 0 saturated heterocycles. The molecule has 2 aromatic heterocycles. The first-order chi connectivity index (χ1) is 9.41. The number of rotatable bonds is 4. The van der Waals surface area contributed by atoms with Crippen molar-refractivity contribution in [1.29, 1.82) is 0 Å². The van der Waals surface area contributed by atoms with Crippen molar-refractivity contribution in [2.75, 3.05) is 7.05 Å². The molecule has 0 unspecified atom stereocenters. The molecular weight excluding hydrogens is 280 g/mol. The van der Waals surface area contributed by atoms with Crippen LogP contribution in [0.15, 0.2) is 16.9 Å². The third kappa shape index (κ3) is 2.70. The van der Waals surface area contributed by atoms with Crippen molar-refractivity contribution in [3.05, 3.63) is 34.4 Å². The highest BCUT2D eigenvalue weighted by atomic mass is 35.5. The molecule has 1 amide bonds. The van der Waals surface area contributed by atoms with Crippen LogP contribution in [-0.4, -0.2) is 32.8 Å². The molecule has 0 fully saturated rings. The maximum absolute atomic E-state index is 12.3. The number of hydrogen-bond acceptors (Lipinski definition) is 4. The summed E-state index contributed by atoms with van der Waals surface area (Å²) in [4.78, 5) is 13.9. The van der Waals surface area contributed by atoms with Gasteiger partial charge in [0, 0.05) is 13.1 Å². The summed E-state index contributed by atoms with van der Waals surface area (Å²) in [7, 11) is 1.73. The normalized spacial score (nSPS) is 12.4. The minimum atomic E-state index is -0.159. The Morgan fingerprint density at radius 3 is 2.75 bits per heavy atom. The first kappa shape index (κ1) is 14.6. The fourth-order valence-corrected chi connectivity index (χ4v) is 2.06. The monoisotopic (exact) mass is 296 g/mol. The zero-order valence-electron chi connectivity index (χ0n) is 11.9. The molecule has 0 bridgehead atoms. The number of carbonyl (C=O) groups is 1. The standard InChI is InChI=1S/C13H17ClN4O2/c1-8-13(14)10(3)18(15-8)7-12(19)17(4)9(2)11-5-6-20-16-11/h5-6,9H,7H2,1-4H3/t9-/m0/s1. The minimum absolute atomic E-state index is 0.0669. The van der Waals surface area contributed by atoms with Crippen LogP contribution in [0.1, 0.15) is 30.0 Å². The van der Waals surface area contributed by atoms with Crippen molar-refractivity contribution in [2.45, 2.75) is 33.4 Å². The van der Waals surface area contributed by atoms with Gasteiger partial charge in [0.15, 0.2) is 0 Å². The van der Waals surface area contributed by atoms with Crippen LogP contribution in [0.25, 0.3) is 0 Å². The lowest BCUT2D eigenvalue weighted by Crippen LogP contribution is -2.33. The van der Waals surface area contributed by atoms with Crippen molar-refractivity contribution < 1.29 is 9.32 Å². The molecule has 0 aliphatic rings. The van der Waals surface area contributed by atoms with Crippen LogP contribution in [0.4, 0.5) is 0 Å². The van der Waals surface area contributed by atoms with E-state index < -0.39 is 0 Å². The van der Waals surface area contributed by atoms with E-state index in [1.54, 1.807) is 22.7 Å². The Morgan fingerprint density at radius 2 is 2.25 bits per heavy atom. The van der Waals surface area contributed by atoms with Gasteiger partial charge in [-0.2, -0.15) is 5.10 Å². The maximum atomic E-state index is 12.3. The van der Waals surface area contributed by atoms with Crippen LogP contribution >= 0.6 is 11.6 Å². The summed E-state index contributed by atoms with van der Waals surface area (Å²) in [5, 5.41) is 8.71. The summed E-state index contributed by atoms with van der Waals surface area (Å²) in [5.74, 6) is -0.0669. The highest BCUT2D eigenvalue weighted by Gasteiger charge is 2.21. The summed E-state index contributed by atoms with van der Waals surface area (Å²) < 4.78 is 6.42. The Kier molecular flexibility index (Phi) is 4.13. The average molecular weight is 297 g/mol. The van der Waals surface area contributed by atoms with Gasteiger partial charge in [0.25, 0.3) is 0 Å². The second-order valence-electron chi connectivity index (χ2n) is 4.75. The molecule has 108 valence electrons. The van der Waals surface area contributed by atoms with E-state index in [4.69, 9.17) is 16.1 Å². The number of aromatic nitrogens is 3. The van der Waals surface area contributed by atoms with Crippen LogP contribution in [0.5, 0.6) is 0 Å². The van der Waals surface area contributed by atoms with E-state index >= 15 is 0 Å². The Morgan fingerprint density at radius 1 is 1.55 bits per heavy atom.